The van der Waals surface area contributed by atoms with Crippen LogP contribution in [0.4, 0.5) is 5.69 Å². The lowest BCUT2D eigenvalue weighted by Gasteiger charge is -2.36. The first-order chi connectivity index (χ1) is 16.9. The van der Waals surface area contributed by atoms with Gasteiger partial charge in [0.05, 0.1) is 11.4 Å². The SMILES string of the molecule is Cc1ccc(-n2nc(C)c3nc(CCC(=O)N4CCN(c5ccccc5)CC4)c(=O)n(C)c32)cc1. The molecule has 1 aliphatic heterocycles. The number of carbonyl (C=O) groups is 1. The molecule has 4 aromatic rings. The zero-order chi connectivity index (χ0) is 24.5. The second-order valence-corrected chi connectivity index (χ2v) is 9.13. The summed E-state index contributed by atoms with van der Waals surface area (Å²) in [4.78, 5) is 34.9. The van der Waals surface area contributed by atoms with Crippen LogP contribution in [0.25, 0.3) is 16.9 Å². The number of rotatable bonds is 5. The molecule has 1 saturated heterocycles. The van der Waals surface area contributed by atoms with Gasteiger partial charge in [-0.25, -0.2) is 9.67 Å². The minimum atomic E-state index is -0.188. The Morgan fingerprint density at radius 1 is 0.914 bits per heavy atom. The van der Waals surface area contributed by atoms with E-state index >= 15 is 0 Å². The summed E-state index contributed by atoms with van der Waals surface area (Å²) in [5, 5.41) is 4.65. The van der Waals surface area contributed by atoms with Crippen LogP contribution in [0, 0.1) is 13.8 Å². The molecule has 180 valence electrons. The van der Waals surface area contributed by atoms with Gasteiger partial charge in [0.2, 0.25) is 5.91 Å². The van der Waals surface area contributed by atoms with E-state index in [0.29, 0.717) is 36.4 Å². The zero-order valence-electron chi connectivity index (χ0n) is 20.4. The zero-order valence-corrected chi connectivity index (χ0v) is 20.4. The number of hydrogen-bond donors (Lipinski definition) is 0. The predicted octanol–water partition coefficient (Wildman–Crippen LogP) is 3.02. The van der Waals surface area contributed by atoms with E-state index in [9.17, 15) is 9.59 Å². The highest BCUT2D eigenvalue weighted by Gasteiger charge is 2.23. The fourth-order valence-corrected chi connectivity index (χ4v) is 4.68. The van der Waals surface area contributed by atoms with Crippen LogP contribution in [0.15, 0.2) is 59.4 Å². The first-order valence-corrected chi connectivity index (χ1v) is 12.0. The number of aromatic nitrogens is 4. The van der Waals surface area contributed by atoms with Crippen molar-refractivity contribution in [3.05, 3.63) is 81.9 Å². The molecule has 5 rings (SSSR count). The topological polar surface area (TPSA) is 76.3 Å². The van der Waals surface area contributed by atoms with Gasteiger partial charge in [-0.3, -0.25) is 14.2 Å². The second kappa shape index (κ2) is 9.37. The summed E-state index contributed by atoms with van der Waals surface area (Å²) < 4.78 is 3.36. The average Bonchev–Trinajstić information content (AvgIpc) is 3.22. The van der Waals surface area contributed by atoms with E-state index in [0.717, 1.165) is 30.0 Å². The molecule has 1 fully saturated rings. The fourth-order valence-electron chi connectivity index (χ4n) is 4.68. The van der Waals surface area contributed by atoms with Crippen LogP contribution in [0.3, 0.4) is 0 Å². The van der Waals surface area contributed by atoms with Crippen LogP contribution in [0.1, 0.15) is 23.4 Å². The van der Waals surface area contributed by atoms with Gasteiger partial charge in [0.1, 0.15) is 11.2 Å². The minimum absolute atomic E-state index is 0.0636. The Morgan fingerprint density at radius 3 is 2.29 bits per heavy atom. The van der Waals surface area contributed by atoms with E-state index in [-0.39, 0.29) is 17.9 Å². The van der Waals surface area contributed by atoms with E-state index in [1.165, 1.54) is 5.69 Å². The van der Waals surface area contributed by atoms with Crippen molar-refractivity contribution in [3.63, 3.8) is 0 Å². The fraction of sp³-hybridized carbons (Fsp3) is 0.333. The molecule has 0 spiro atoms. The number of anilines is 1. The summed E-state index contributed by atoms with van der Waals surface area (Å²) >= 11 is 0. The largest absolute Gasteiger partial charge is 0.368 e. The predicted molar refractivity (Wildman–Crippen MR) is 137 cm³/mol. The van der Waals surface area contributed by atoms with Crippen molar-refractivity contribution in [2.75, 3.05) is 31.1 Å². The van der Waals surface area contributed by atoms with Crippen LogP contribution in [-0.4, -0.2) is 56.3 Å². The van der Waals surface area contributed by atoms with E-state index < -0.39 is 0 Å². The van der Waals surface area contributed by atoms with Crippen molar-refractivity contribution >= 4 is 22.8 Å². The molecule has 2 aromatic heterocycles. The highest BCUT2D eigenvalue weighted by atomic mass is 16.2. The summed E-state index contributed by atoms with van der Waals surface area (Å²) in [6, 6.07) is 18.3. The van der Waals surface area contributed by atoms with Crippen LogP contribution in [0.2, 0.25) is 0 Å². The lowest BCUT2D eigenvalue weighted by Crippen LogP contribution is -2.48. The second-order valence-electron chi connectivity index (χ2n) is 9.13. The Labute approximate surface area is 204 Å². The third-order valence-corrected chi connectivity index (χ3v) is 6.73. The van der Waals surface area contributed by atoms with Gasteiger partial charge >= 0.3 is 0 Å². The molecule has 0 N–H and O–H groups in total. The smallest absolute Gasteiger partial charge is 0.273 e. The first kappa shape index (κ1) is 22.8. The van der Waals surface area contributed by atoms with E-state index in [1.54, 1.807) is 16.3 Å². The van der Waals surface area contributed by atoms with Crippen molar-refractivity contribution in [2.24, 2.45) is 7.05 Å². The average molecular weight is 471 g/mol. The van der Waals surface area contributed by atoms with Gasteiger partial charge in [-0.2, -0.15) is 5.10 Å². The van der Waals surface area contributed by atoms with Crippen LogP contribution in [0.5, 0.6) is 0 Å². The standard InChI is InChI=1S/C27H30N6O2/c1-19-9-11-22(12-10-19)33-26-25(20(2)29-33)28-23(27(35)30(26)3)13-14-24(34)32-17-15-31(16-18-32)21-7-5-4-6-8-21/h4-12H,13-18H2,1-3H3. The van der Waals surface area contributed by atoms with Gasteiger partial charge in [0, 0.05) is 51.8 Å². The number of fused-ring (bicyclic) bond motifs is 1. The maximum absolute atomic E-state index is 13.1. The molecule has 0 radical (unpaired) electrons. The van der Waals surface area contributed by atoms with Gasteiger partial charge < -0.3 is 9.80 Å². The van der Waals surface area contributed by atoms with E-state index in [2.05, 4.69) is 27.1 Å². The number of aryl methyl sites for hydroxylation is 4. The van der Waals surface area contributed by atoms with Gasteiger partial charge in [-0.15, -0.1) is 0 Å². The van der Waals surface area contributed by atoms with E-state index in [4.69, 9.17) is 0 Å². The molecule has 0 saturated carbocycles. The molecule has 1 amide bonds. The summed E-state index contributed by atoms with van der Waals surface area (Å²) in [5.41, 5.74) is 5.53. The van der Waals surface area contributed by atoms with Crippen molar-refractivity contribution < 1.29 is 4.79 Å². The Morgan fingerprint density at radius 2 is 1.60 bits per heavy atom. The van der Waals surface area contributed by atoms with Crippen LogP contribution >= 0.6 is 0 Å². The Kier molecular flexibility index (Phi) is 6.11. The maximum Gasteiger partial charge on any atom is 0.273 e. The molecule has 0 aliphatic carbocycles. The molecule has 3 heterocycles. The van der Waals surface area contributed by atoms with Gasteiger partial charge in [-0.1, -0.05) is 35.9 Å². The van der Waals surface area contributed by atoms with Crippen LogP contribution < -0.4 is 10.5 Å². The molecule has 2 aromatic carbocycles. The highest BCUT2D eigenvalue weighted by Crippen LogP contribution is 2.20. The quantitative estimate of drug-likeness (QED) is 0.448. The normalized spacial score (nSPS) is 14.0. The molecule has 8 heteroatoms. The summed E-state index contributed by atoms with van der Waals surface area (Å²) in [6.45, 7) is 6.90. The number of benzene rings is 2. The number of piperazine rings is 1. The monoisotopic (exact) mass is 470 g/mol. The number of nitrogens with zero attached hydrogens (tertiary/aromatic N) is 6. The number of carbonyl (C=O) groups excluding carboxylic acids is 1. The van der Waals surface area contributed by atoms with Gasteiger partial charge in [0.25, 0.3) is 5.56 Å². The Hall–Kier alpha value is -3.94. The molecule has 1 aliphatic rings. The molecule has 35 heavy (non-hydrogen) atoms. The Bertz CT molecular complexity index is 1410. The molecule has 0 atom stereocenters. The number of para-hydroxylation sites is 1. The van der Waals surface area contributed by atoms with Crippen molar-refractivity contribution in [2.45, 2.75) is 26.7 Å². The van der Waals surface area contributed by atoms with Gasteiger partial charge in [-0.05, 0) is 38.1 Å². The number of amides is 1. The third-order valence-electron chi connectivity index (χ3n) is 6.73. The van der Waals surface area contributed by atoms with Crippen molar-refractivity contribution in [1.29, 1.82) is 0 Å². The molecular weight excluding hydrogens is 440 g/mol. The lowest BCUT2D eigenvalue weighted by atomic mass is 10.2. The molecular formula is C27H30N6O2. The Balaban J connectivity index is 1.31. The van der Waals surface area contributed by atoms with Crippen LogP contribution in [-0.2, 0) is 18.3 Å². The summed E-state index contributed by atoms with van der Waals surface area (Å²) in [5.74, 6) is 0.0636. The summed E-state index contributed by atoms with van der Waals surface area (Å²) in [7, 11) is 1.74. The minimum Gasteiger partial charge on any atom is -0.368 e. The number of hydrogen-bond acceptors (Lipinski definition) is 5. The summed E-state index contributed by atoms with van der Waals surface area (Å²) in [6.07, 6.45) is 0.583. The van der Waals surface area contributed by atoms with Gasteiger partial charge in [0.15, 0.2) is 5.65 Å². The highest BCUT2D eigenvalue weighted by molar-refractivity contribution is 5.78. The van der Waals surface area contributed by atoms with Crippen molar-refractivity contribution in [3.8, 4) is 5.69 Å². The molecule has 8 nitrogen and oxygen atoms in total. The molecule has 0 bridgehead atoms. The molecule has 0 unspecified atom stereocenters. The van der Waals surface area contributed by atoms with Crippen molar-refractivity contribution in [1.82, 2.24) is 24.2 Å². The first-order valence-electron chi connectivity index (χ1n) is 12.0. The third kappa shape index (κ3) is 4.43. The van der Waals surface area contributed by atoms with E-state index in [1.807, 2.05) is 61.2 Å². The maximum atomic E-state index is 13.1. The lowest BCUT2D eigenvalue weighted by molar-refractivity contribution is -0.131.